The molecule has 2 aromatic carbocycles. The molecule has 0 bridgehead atoms. The number of aromatic nitrogens is 1. The number of hydrogen-bond donors (Lipinski definition) is 2. The Morgan fingerprint density at radius 2 is 1.68 bits per heavy atom. The number of nitrogens with one attached hydrogen (secondary N) is 2. The zero-order valence-electron chi connectivity index (χ0n) is 18.4. The molecule has 166 valence electrons. The van der Waals surface area contributed by atoms with Crippen LogP contribution in [0, 0.1) is 13.8 Å². The molecular formula is C24H31IN4OS. The number of ether oxygens (including phenoxy) is 1. The van der Waals surface area contributed by atoms with Crippen molar-refractivity contribution in [2.24, 2.45) is 4.99 Å². The number of hydrogen-bond acceptors (Lipinski definition) is 4. The molecule has 0 unspecified atom stereocenters. The fourth-order valence-electron chi connectivity index (χ4n) is 3.06. The SMILES string of the molecule is CN=C(NCCc1nc(C)c(C)s1)NCc1ccccc1COCc1ccccc1.I. The maximum absolute atomic E-state index is 5.93. The van der Waals surface area contributed by atoms with Crippen molar-refractivity contribution in [2.45, 2.75) is 40.0 Å². The van der Waals surface area contributed by atoms with Crippen molar-refractivity contribution in [3.63, 3.8) is 0 Å². The largest absolute Gasteiger partial charge is 0.372 e. The van der Waals surface area contributed by atoms with Gasteiger partial charge in [-0.3, -0.25) is 4.99 Å². The zero-order chi connectivity index (χ0) is 21.2. The van der Waals surface area contributed by atoms with E-state index in [2.05, 4.69) is 70.9 Å². The van der Waals surface area contributed by atoms with E-state index < -0.39 is 0 Å². The third kappa shape index (κ3) is 8.23. The number of rotatable bonds is 9. The van der Waals surface area contributed by atoms with Gasteiger partial charge in [0, 0.05) is 31.4 Å². The van der Waals surface area contributed by atoms with Gasteiger partial charge < -0.3 is 15.4 Å². The predicted octanol–water partition coefficient (Wildman–Crippen LogP) is 5.00. The topological polar surface area (TPSA) is 58.5 Å². The third-order valence-corrected chi connectivity index (χ3v) is 5.99. The Hall–Kier alpha value is -1.97. The molecule has 0 atom stereocenters. The number of guanidine groups is 1. The van der Waals surface area contributed by atoms with E-state index in [1.807, 2.05) is 18.2 Å². The molecule has 0 saturated carbocycles. The minimum Gasteiger partial charge on any atom is -0.372 e. The van der Waals surface area contributed by atoms with Gasteiger partial charge in [0.2, 0.25) is 0 Å². The van der Waals surface area contributed by atoms with Crippen LogP contribution in [0.15, 0.2) is 59.6 Å². The number of thiazole rings is 1. The molecule has 0 radical (unpaired) electrons. The van der Waals surface area contributed by atoms with Gasteiger partial charge in [0.05, 0.1) is 23.9 Å². The highest BCUT2D eigenvalue weighted by Crippen LogP contribution is 2.16. The molecule has 7 heteroatoms. The second kappa shape index (κ2) is 13.4. The van der Waals surface area contributed by atoms with Crippen LogP contribution in [0.5, 0.6) is 0 Å². The van der Waals surface area contributed by atoms with Crippen molar-refractivity contribution in [3.05, 3.63) is 86.9 Å². The molecular weight excluding hydrogens is 519 g/mol. The van der Waals surface area contributed by atoms with Gasteiger partial charge in [0.25, 0.3) is 0 Å². The number of nitrogens with zero attached hydrogens (tertiary/aromatic N) is 2. The summed E-state index contributed by atoms with van der Waals surface area (Å²) in [6.07, 6.45) is 0.893. The molecule has 0 aliphatic heterocycles. The summed E-state index contributed by atoms with van der Waals surface area (Å²) < 4.78 is 5.93. The van der Waals surface area contributed by atoms with E-state index in [4.69, 9.17) is 4.74 Å². The maximum Gasteiger partial charge on any atom is 0.191 e. The lowest BCUT2D eigenvalue weighted by atomic mass is 10.1. The van der Waals surface area contributed by atoms with E-state index in [1.54, 1.807) is 18.4 Å². The Labute approximate surface area is 206 Å². The maximum atomic E-state index is 5.93. The molecule has 1 heterocycles. The van der Waals surface area contributed by atoms with Crippen molar-refractivity contribution < 1.29 is 4.74 Å². The Morgan fingerprint density at radius 1 is 0.968 bits per heavy atom. The molecule has 2 N–H and O–H groups in total. The summed E-state index contributed by atoms with van der Waals surface area (Å²) in [4.78, 5) is 10.2. The van der Waals surface area contributed by atoms with Crippen LogP contribution in [0.4, 0.5) is 0 Å². The van der Waals surface area contributed by atoms with E-state index >= 15 is 0 Å². The van der Waals surface area contributed by atoms with Crippen LogP contribution in [0.2, 0.25) is 0 Å². The second-order valence-corrected chi connectivity index (χ2v) is 8.39. The Morgan fingerprint density at radius 3 is 2.35 bits per heavy atom. The summed E-state index contributed by atoms with van der Waals surface area (Å²) in [6, 6.07) is 18.6. The van der Waals surface area contributed by atoms with Crippen molar-refractivity contribution in [1.29, 1.82) is 0 Å². The standard InChI is InChI=1S/C24H30N4OS.HI/c1-18-19(2)30-23(28-18)13-14-26-24(25-3)27-15-21-11-7-8-12-22(21)17-29-16-20-9-5-4-6-10-20;/h4-12H,13-17H2,1-3H3,(H2,25,26,27);1H. The van der Waals surface area contributed by atoms with E-state index in [0.717, 1.165) is 29.6 Å². The van der Waals surface area contributed by atoms with Gasteiger partial charge in [-0.1, -0.05) is 54.6 Å². The number of benzene rings is 2. The monoisotopic (exact) mass is 550 g/mol. The van der Waals surface area contributed by atoms with Gasteiger partial charge >= 0.3 is 0 Å². The van der Waals surface area contributed by atoms with Gasteiger partial charge in [-0.05, 0) is 30.5 Å². The van der Waals surface area contributed by atoms with Crippen molar-refractivity contribution in [1.82, 2.24) is 15.6 Å². The summed E-state index contributed by atoms with van der Waals surface area (Å²) in [7, 11) is 1.79. The molecule has 31 heavy (non-hydrogen) atoms. The lowest BCUT2D eigenvalue weighted by molar-refractivity contribution is 0.106. The highest BCUT2D eigenvalue weighted by atomic mass is 127. The highest BCUT2D eigenvalue weighted by molar-refractivity contribution is 14.0. The summed E-state index contributed by atoms with van der Waals surface area (Å²) in [5.74, 6) is 0.792. The van der Waals surface area contributed by atoms with Crippen molar-refractivity contribution >= 4 is 41.3 Å². The van der Waals surface area contributed by atoms with Gasteiger partial charge in [0.15, 0.2) is 5.96 Å². The van der Waals surface area contributed by atoms with Crippen LogP contribution < -0.4 is 10.6 Å². The van der Waals surface area contributed by atoms with Gasteiger partial charge in [-0.25, -0.2) is 4.98 Å². The quantitative estimate of drug-likeness (QED) is 0.224. The molecule has 3 aromatic rings. The van der Waals surface area contributed by atoms with Gasteiger partial charge in [-0.2, -0.15) is 0 Å². The van der Waals surface area contributed by atoms with Gasteiger partial charge in [-0.15, -0.1) is 35.3 Å². The Kier molecular flexibility index (Phi) is 11.0. The van der Waals surface area contributed by atoms with E-state index in [0.29, 0.717) is 19.8 Å². The average molecular weight is 551 g/mol. The Bertz CT molecular complexity index is 940. The molecule has 1 aromatic heterocycles. The lowest BCUT2D eigenvalue weighted by Crippen LogP contribution is -2.38. The van der Waals surface area contributed by atoms with Crippen LogP contribution in [0.25, 0.3) is 0 Å². The summed E-state index contributed by atoms with van der Waals surface area (Å²) in [6.45, 7) is 6.87. The van der Waals surface area contributed by atoms with Crippen LogP contribution in [0.3, 0.4) is 0 Å². The van der Waals surface area contributed by atoms with Crippen molar-refractivity contribution in [2.75, 3.05) is 13.6 Å². The first-order valence-corrected chi connectivity index (χ1v) is 11.0. The number of aryl methyl sites for hydroxylation is 2. The first-order valence-electron chi connectivity index (χ1n) is 10.2. The van der Waals surface area contributed by atoms with E-state index in [9.17, 15) is 0 Å². The molecule has 0 saturated heterocycles. The fourth-order valence-corrected chi connectivity index (χ4v) is 3.99. The first kappa shape index (κ1) is 25.3. The number of aliphatic imine (C=N–C) groups is 1. The molecule has 0 aliphatic carbocycles. The van der Waals surface area contributed by atoms with Crippen molar-refractivity contribution in [3.8, 4) is 0 Å². The molecule has 5 nitrogen and oxygen atoms in total. The summed E-state index contributed by atoms with van der Waals surface area (Å²) in [5, 5.41) is 7.94. The normalized spacial score (nSPS) is 11.1. The third-order valence-electron chi connectivity index (χ3n) is 4.86. The Balaban J connectivity index is 0.00000341. The predicted molar refractivity (Wildman–Crippen MR) is 140 cm³/mol. The minimum absolute atomic E-state index is 0. The summed E-state index contributed by atoms with van der Waals surface area (Å²) >= 11 is 1.77. The average Bonchev–Trinajstić information content (AvgIpc) is 3.09. The smallest absolute Gasteiger partial charge is 0.191 e. The van der Waals surface area contributed by atoms with E-state index in [1.165, 1.54) is 21.6 Å². The van der Waals surface area contributed by atoms with Crippen LogP contribution >= 0.6 is 35.3 Å². The molecule has 0 fully saturated rings. The second-order valence-electron chi connectivity index (χ2n) is 7.10. The van der Waals surface area contributed by atoms with Crippen LogP contribution in [-0.4, -0.2) is 24.5 Å². The summed E-state index contributed by atoms with van der Waals surface area (Å²) in [5.41, 5.74) is 4.71. The van der Waals surface area contributed by atoms with Crippen LogP contribution in [-0.2, 0) is 30.9 Å². The minimum atomic E-state index is 0. The first-order chi connectivity index (χ1) is 14.7. The zero-order valence-corrected chi connectivity index (χ0v) is 21.5. The molecule has 0 aliphatic rings. The highest BCUT2D eigenvalue weighted by Gasteiger charge is 2.06. The van der Waals surface area contributed by atoms with E-state index in [-0.39, 0.29) is 24.0 Å². The van der Waals surface area contributed by atoms with Crippen LogP contribution in [0.1, 0.15) is 32.3 Å². The molecule has 0 spiro atoms. The fraction of sp³-hybridized carbons (Fsp3) is 0.333. The number of halogens is 1. The lowest BCUT2D eigenvalue weighted by Gasteiger charge is -2.14. The van der Waals surface area contributed by atoms with Gasteiger partial charge in [0.1, 0.15) is 0 Å². The molecule has 0 amide bonds. The molecule has 3 rings (SSSR count).